The predicted molar refractivity (Wildman–Crippen MR) is 76.6 cm³/mol. The van der Waals surface area contributed by atoms with E-state index >= 15 is 0 Å². The van der Waals surface area contributed by atoms with E-state index in [1.165, 1.54) is 6.08 Å². The second kappa shape index (κ2) is 5.92. The first kappa shape index (κ1) is 13.7. The molecule has 2 N–H and O–H groups in total. The van der Waals surface area contributed by atoms with Crippen LogP contribution in [0.2, 0.25) is 0 Å². The number of methoxy groups -OCH3 is 1. The van der Waals surface area contributed by atoms with Crippen LogP contribution in [0, 0.1) is 17.7 Å². The van der Waals surface area contributed by atoms with Crippen molar-refractivity contribution in [2.75, 3.05) is 7.11 Å². The molecule has 2 aromatic rings. The predicted octanol–water partition coefficient (Wildman–Crippen LogP) is 2.74. The third-order valence-corrected chi connectivity index (χ3v) is 2.76. The first-order valence-electron chi connectivity index (χ1n) is 5.90. The lowest BCUT2D eigenvalue weighted by molar-refractivity contribution is 0.408. The zero-order valence-corrected chi connectivity index (χ0v) is 11.2. The van der Waals surface area contributed by atoms with Gasteiger partial charge in [0.2, 0.25) is 5.82 Å². The Morgan fingerprint density at radius 2 is 2.15 bits per heavy atom. The molecule has 0 atom stereocenters. The van der Waals surface area contributed by atoms with Crippen molar-refractivity contribution in [2.24, 2.45) is 0 Å². The molecule has 0 aliphatic rings. The molecule has 0 fully saturated rings. The molecular weight excluding hydrogens is 256 g/mol. The lowest BCUT2D eigenvalue weighted by Crippen LogP contribution is -1.90. The number of aromatic nitrogens is 2. The normalized spacial score (nSPS) is 11.2. The van der Waals surface area contributed by atoms with Gasteiger partial charge in [0, 0.05) is 18.0 Å². The SMILES string of the molecule is COc1cc(-c2noc(/C(C=N)=C/C=N)n2)ccc1C. The first-order chi connectivity index (χ1) is 9.69. The van der Waals surface area contributed by atoms with Gasteiger partial charge in [-0.1, -0.05) is 17.3 Å². The van der Waals surface area contributed by atoms with E-state index in [1.54, 1.807) is 7.11 Å². The van der Waals surface area contributed by atoms with E-state index in [0.29, 0.717) is 11.4 Å². The topological polar surface area (TPSA) is 95.9 Å². The van der Waals surface area contributed by atoms with Gasteiger partial charge in [0.25, 0.3) is 5.89 Å². The molecule has 0 aliphatic heterocycles. The summed E-state index contributed by atoms with van der Waals surface area (Å²) in [5.74, 6) is 1.37. The molecule has 0 aliphatic carbocycles. The second-order valence-corrected chi connectivity index (χ2v) is 4.04. The minimum Gasteiger partial charge on any atom is -0.496 e. The Hall–Kier alpha value is -2.76. The van der Waals surface area contributed by atoms with E-state index in [9.17, 15) is 0 Å². The standard InChI is InChI=1S/C14H14N4O2/c1-9-3-4-10(7-12(9)19-2)13-17-14(20-18-13)11(8-16)5-6-15/h3-8,15-16H,1-2H3/b11-5+,15-6?,16-8?. The number of hydrogen-bond acceptors (Lipinski definition) is 6. The van der Waals surface area contributed by atoms with E-state index in [0.717, 1.165) is 29.3 Å². The molecule has 1 heterocycles. The number of nitrogens with one attached hydrogen (secondary N) is 2. The van der Waals surface area contributed by atoms with Gasteiger partial charge >= 0.3 is 0 Å². The lowest BCUT2D eigenvalue weighted by atomic mass is 10.1. The van der Waals surface area contributed by atoms with Crippen molar-refractivity contribution in [1.29, 1.82) is 10.8 Å². The fraction of sp³-hybridized carbons (Fsp3) is 0.143. The van der Waals surface area contributed by atoms with Crippen molar-refractivity contribution in [3.8, 4) is 17.1 Å². The third-order valence-electron chi connectivity index (χ3n) is 2.76. The lowest BCUT2D eigenvalue weighted by Gasteiger charge is -2.04. The van der Waals surface area contributed by atoms with Gasteiger partial charge in [-0.3, -0.25) is 0 Å². The number of benzene rings is 1. The van der Waals surface area contributed by atoms with Crippen LogP contribution in [-0.4, -0.2) is 29.7 Å². The fourth-order valence-electron chi connectivity index (χ4n) is 1.69. The van der Waals surface area contributed by atoms with Crippen LogP contribution in [0.5, 0.6) is 5.75 Å². The summed E-state index contributed by atoms with van der Waals surface area (Å²) in [6.45, 7) is 1.95. The van der Waals surface area contributed by atoms with Crippen molar-refractivity contribution >= 4 is 18.0 Å². The molecule has 102 valence electrons. The Morgan fingerprint density at radius 3 is 2.80 bits per heavy atom. The van der Waals surface area contributed by atoms with Crippen LogP contribution in [-0.2, 0) is 0 Å². The van der Waals surface area contributed by atoms with Crippen molar-refractivity contribution < 1.29 is 9.26 Å². The van der Waals surface area contributed by atoms with Crippen LogP contribution < -0.4 is 4.74 Å². The maximum absolute atomic E-state index is 7.26. The highest BCUT2D eigenvalue weighted by molar-refractivity contribution is 6.10. The average Bonchev–Trinajstić information content (AvgIpc) is 2.95. The molecule has 20 heavy (non-hydrogen) atoms. The van der Waals surface area contributed by atoms with Gasteiger partial charge in [0.1, 0.15) is 5.75 Å². The number of rotatable bonds is 5. The molecule has 6 heteroatoms. The van der Waals surface area contributed by atoms with Crippen LogP contribution >= 0.6 is 0 Å². The molecule has 6 nitrogen and oxygen atoms in total. The molecule has 0 amide bonds. The van der Waals surface area contributed by atoms with E-state index in [4.69, 9.17) is 20.1 Å². The van der Waals surface area contributed by atoms with Crippen LogP contribution in [0.25, 0.3) is 17.0 Å². The van der Waals surface area contributed by atoms with Crippen molar-refractivity contribution in [1.82, 2.24) is 10.1 Å². The minimum atomic E-state index is 0.207. The molecule has 1 aromatic carbocycles. The summed E-state index contributed by atoms with van der Waals surface area (Å²) in [5, 5.41) is 18.2. The average molecular weight is 270 g/mol. The smallest absolute Gasteiger partial charge is 0.259 e. The Bertz CT molecular complexity index is 674. The molecular formula is C14H14N4O2. The molecule has 2 rings (SSSR count). The van der Waals surface area contributed by atoms with Crippen LogP contribution in [0.4, 0.5) is 0 Å². The molecule has 0 spiro atoms. The number of ether oxygens (including phenoxy) is 1. The Balaban J connectivity index is 2.40. The van der Waals surface area contributed by atoms with Crippen LogP contribution in [0.3, 0.4) is 0 Å². The largest absolute Gasteiger partial charge is 0.496 e. The molecule has 0 unspecified atom stereocenters. The first-order valence-corrected chi connectivity index (χ1v) is 5.90. The number of allylic oxidation sites excluding steroid dienone is 2. The molecule has 0 radical (unpaired) electrons. The molecule has 0 bridgehead atoms. The Morgan fingerprint density at radius 1 is 1.35 bits per heavy atom. The van der Waals surface area contributed by atoms with Crippen LogP contribution in [0.15, 0.2) is 28.8 Å². The van der Waals surface area contributed by atoms with Gasteiger partial charge in [-0.05, 0) is 24.6 Å². The Kier molecular flexibility index (Phi) is 4.05. The third kappa shape index (κ3) is 2.64. The van der Waals surface area contributed by atoms with Gasteiger partial charge < -0.3 is 20.1 Å². The van der Waals surface area contributed by atoms with Gasteiger partial charge in [-0.25, -0.2) is 0 Å². The van der Waals surface area contributed by atoms with E-state index in [2.05, 4.69) is 10.1 Å². The summed E-state index contributed by atoms with van der Waals surface area (Å²) >= 11 is 0. The zero-order valence-electron chi connectivity index (χ0n) is 11.2. The Labute approximate surface area is 116 Å². The monoisotopic (exact) mass is 270 g/mol. The molecule has 0 saturated heterocycles. The highest BCUT2D eigenvalue weighted by Gasteiger charge is 2.12. The van der Waals surface area contributed by atoms with Crippen molar-refractivity contribution in [2.45, 2.75) is 6.92 Å². The highest BCUT2D eigenvalue weighted by Crippen LogP contribution is 2.25. The molecule has 1 aromatic heterocycles. The fourth-order valence-corrected chi connectivity index (χ4v) is 1.69. The number of hydrogen-bond donors (Lipinski definition) is 2. The molecule has 0 saturated carbocycles. The summed E-state index contributed by atoms with van der Waals surface area (Å²) in [5.41, 5.74) is 2.17. The van der Waals surface area contributed by atoms with Gasteiger partial charge in [0.05, 0.1) is 12.7 Å². The highest BCUT2D eigenvalue weighted by atomic mass is 16.5. The van der Waals surface area contributed by atoms with Crippen molar-refractivity contribution in [3.05, 3.63) is 35.7 Å². The van der Waals surface area contributed by atoms with E-state index in [-0.39, 0.29) is 5.89 Å². The minimum absolute atomic E-state index is 0.207. The number of aryl methyl sites for hydroxylation is 1. The second-order valence-electron chi connectivity index (χ2n) is 4.04. The van der Waals surface area contributed by atoms with Gasteiger partial charge in [-0.15, -0.1) is 0 Å². The van der Waals surface area contributed by atoms with Gasteiger partial charge in [0.15, 0.2) is 0 Å². The zero-order chi connectivity index (χ0) is 14.5. The summed E-state index contributed by atoms with van der Waals surface area (Å²) < 4.78 is 10.4. The summed E-state index contributed by atoms with van der Waals surface area (Å²) in [4.78, 5) is 4.22. The quantitative estimate of drug-likeness (QED) is 0.816. The summed E-state index contributed by atoms with van der Waals surface area (Å²) in [6.07, 6.45) is 3.55. The van der Waals surface area contributed by atoms with Crippen LogP contribution in [0.1, 0.15) is 11.5 Å². The summed E-state index contributed by atoms with van der Waals surface area (Å²) in [7, 11) is 1.60. The van der Waals surface area contributed by atoms with Gasteiger partial charge in [-0.2, -0.15) is 4.98 Å². The van der Waals surface area contributed by atoms with E-state index in [1.807, 2.05) is 25.1 Å². The van der Waals surface area contributed by atoms with E-state index < -0.39 is 0 Å². The number of nitrogens with zero attached hydrogens (tertiary/aromatic N) is 2. The van der Waals surface area contributed by atoms with Crippen molar-refractivity contribution in [3.63, 3.8) is 0 Å². The maximum atomic E-state index is 7.26. The summed E-state index contributed by atoms with van der Waals surface area (Å²) in [6, 6.07) is 5.61. The maximum Gasteiger partial charge on any atom is 0.259 e.